The number of nitrogens with zero attached hydrogens (tertiary/aromatic N) is 1. The van der Waals surface area contributed by atoms with E-state index in [0.29, 0.717) is 5.92 Å². The molecule has 0 amide bonds. The van der Waals surface area contributed by atoms with Gasteiger partial charge in [-0.2, -0.15) is 5.26 Å². The van der Waals surface area contributed by atoms with Gasteiger partial charge in [0.2, 0.25) is 0 Å². The minimum atomic E-state index is -0.442. The van der Waals surface area contributed by atoms with Crippen LogP contribution in [0, 0.1) is 23.1 Å². The summed E-state index contributed by atoms with van der Waals surface area (Å²) in [4.78, 5) is 0. The number of hydrogen-bond donors (Lipinski definition) is 0. The summed E-state index contributed by atoms with van der Waals surface area (Å²) in [7, 11) is 0. The first kappa shape index (κ1) is 17.9. The van der Waals surface area contributed by atoms with Crippen LogP contribution in [0.15, 0.2) is 18.2 Å². The molecule has 0 saturated carbocycles. The predicted octanol–water partition coefficient (Wildman–Crippen LogP) is 5.92. The van der Waals surface area contributed by atoms with Crippen LogP contribution >= 0.6 is 0 Å². The van der Waals surface area contributed by atoms with Crippen molar-refractivity contribution in [1.82, 2.24) is 0 Å². The van der Waals surface area contributed by atoms with E-state index in [1.54, 1.807) is 6.07 Å². The molecule has 23 heavy (non-hydrogen) atoms. The smallest absolute Gasteiger partial charge is 0.141 e. The number of benzene rings is 1. The molecule has 1 aliphatic heterocycles. The highest BCUT2D eigenvalue weighted by molar-refractivity contribution is 5.34. The fraction of sp³-hybridized carbons (Fsp3) is 0.650. The van der Waals surface area contributed by atoms with Crippen molar-refractivity contribution in [3.05, 3.63) is 35.1 Å². The molecule has 0 aliphatic carbocycles. The summed E-state index contributed by atoms with van der Waals surface area (Å²) in [5, 5.41) is 8.78. The van der Waals surface area contributed by atoms with Crippen LogP contribution in [0.3, 0.4) is 0 Å². The molecule has 1 fully saturated rings. The Morgan fingerprint density at radius 2 is 1.96 bits per heavy atom. The molecule has 0 N–H and O–H groups in total. The highest BCUT2D eigenvalue weighted by Crippen LogP contribution is 2.33. The van der Waals surface area contributed by atoms with E-state index in [0.717, 1.165) is 25.0 Å². The van der Waals surface area contributed by atoms with Gasteiger partial charge in [0.05, 0.1) is 18.3 Å². The molecule has 1 aromatic rings. The number of halogens is 1. The molecule has 126 valence electrons. The summed E-state index contributed by atoms with van der Waals surface area (Å²) in [6.45, 7) is 3.02. The van der Waals surface area contributed by atoms with Gasteiger partial charge in [0.15, 0.2) is 0 Å². The summed E-state index contributed by atoms with van der Waals surface area (Å²) in [6, 6.07) is 6.69. The zero-order chi connectivity index (χ0) is 16.5. The largest absolute Gasteiger partial charge is 0.373 e. The molecule has 3 heteroatoms. The van der Waals surface area contributed by atoms with Crippen molar-refractivity contribution in [3.63, 3.8) is 0 Å². The normalized spacial score (nSPS) is 21.1. The lowest BCUT2D eigenvalue weighted by Crippen LogP contribution is -2.20. The topological polar surface area (TPSA) is 33.0 Å². The van der Waals surface area contributed by atoms with Gasteiger partial charge in [-0.3, -0.25) is 0 Å². The second-order valence-electron chi connectivity index (χ2n) is 6.67. The van der Waals surface area contributed by atoms with Crippen molar-refractivity contribution < 1.29 is 9.13 Å². The summed E-state index contributed by atoms with van der Waals surface area (Å²) in [5.74, 6) is 0.212. The van der Waals surface area contributed by atoms with Gasteiger partial charge < -0.3 is 4.74 Å². The molecule has 1 aromatic carbocycles. The summed E-state index contributed by atoms with van der Waals surface area (Å²) >= 11 is 0. The molecule has 1 heterocycles. The average molecular weight is 317 g/mol. The van der Waals surface area contributed by atoms with Crippen LogP contribution in [0.4, 0.5) is 4.39 Å². The van der Waals surface area contributed by atoms with E-state index in [1.165, 1.54) is 51.0 Å². The Morgan fingerprint density at radius 3 is 2.61 bits per heavy atom. The van der Waals surface area contributed by atoms with Crippen LogP contribution in [0.25, 0.3) is 0 Å². The Labute approximate surface area is 139 Å². The van der Waals surface area contributed by atoms with E-state index in [2.05, 4.69) is 6.92 Å². The Morgan fingerprint density at radius 1 is 1.17 bits per heavy atom. The van der Waals surface area contributed by atoms with Crippen LogP contribution in [-0.4, -0.2) is 6.61 Å². The molecule has 0 radical (unpaired) electrons. The third kappa shape index (κ3) is 5.62. The van der Waals surface area contributed by atoms with Crippen molar-refractivity contribution in [2.24, 2.45) is 5.92 Å². The lowest BCUT2D eigenvalue weighted by Gasteiger charge is -2.29. The zero-order valence-electron chi connectivity index (χ0n) is 14.2. The molecule has 0 spiro atoms. The van der Waals surface area contributed by atoms with Crippen LogP contribution in [0.2, 0.25) is 0 Å². The van der Waals surface area contributed by atoms with Crippen molar-refractivity contribution >= 4 is 0 Å². The minimum Gasteiger partial charge on any atom is -0.373 e. The van der Waals surface area contributed by atoms with Gasteiger partial charge in [0, 0.05) is 0 Å². The molecule has 2 unspecified atom stereocenters. The van der Waals surface area contributed by atoms with E-state index >= 15 is 0 Å². The van der Waals surface area contributed by atoms with Gasteiger partial charge in [0.1, 0.15) is 11.9 Å². The maximum atomic E-state index is 13.7. The second kappa shape index (κ2) is 9.67. The molecule has 1 aliphatic rings. The Hall–Kier alpha value is -1.40. The number of rotatable bonds is 8. The Kier molecular flexibility index (Phi) is 7.55. The quantitative estimate of drug-likeness (QED) is 0.558. The first-order chi connectivity index (χ1) is 11.2. The summed E-state index contributed by atoms with van der Waals surface area (Å²) < 4.78 is 19.6. The van der Waals surface area contributed by atoms with Gasteiger partial charge >= 0.3 is 0 Å². The molecular weight excluding hydrogens is 289 g/mol. The molecule has 2 nitrogen and oxygen atoms in total. The zero-order valence-corrected chi connectivity index (χ0v) is 14.2. The third-order valence-electron chi connectivity index (χ3n) is 4.82. The number of hydrogen-bond acceptors (Lipinski definition) is 2. The number of unbranched alkanes of at least 4 members (excludes halogenated alkanes) is 5. The third-order valence-corrected chi connectivity index (χ3v) is 4.82. The second-order valence-corrected chi connectivity index (χ2v) is 6.67. The van der Waals surface area contributed by atoms with Crippen LogP contribution < -0.4 is 0 Å². The first-order valence-electron chi connectivity index (χ1n) is 9.05. The van der Waals surface area contributed by atoms with E-state index in [9.17, 15) is 4.39 Å². The molecule has 2 atom stereocenters. The van der Waals surface area contributed by atoms with Crippen molar-refractivity contribution in [3.8, 4) is 6.07 Å². The average Bonchev–Trinajstić information content (AvgIpc) is 2.58. The number of nitriles is 1. The minimum absolute atomic E-state index is 0.0157. The first-order valence-corrected chi connectivity index (χ1v) is 9.05. The lowest BCUT2D eigenvalue weighted by atomic mass is 9.90. The van der Waals surface area contributed by atoms with Gasteiger partial charge in [-0.1, -0.05) is 51.5 Å². The van der Waals surface area contributed by atoms with Gasteiger partial charge in [0.25, 0.3) is 0 Å². The highest BCUT2D eigenvalue weighted by Gasteiger charge is 2.23. The molecule has 1 saturated heterocycles. The predicted molar refractivity (Wildman–Crippen MR) is 90.5 cm³/mol. The molecule has 0 bridgehead atoms. The van der Waals surface area contributed by atoms with Crippen molar-refractivity contribution in [2.75, 3.05) is 6.61 Å². The summed E-state index contributed by atoms with van der Waals surface area (Å²) in [5.41, 5.74) is 0.963. The molecular formula is C20H28FNO. The lowest BCUT2D eigenvalue weighted by molar-refractivity contribution is -0.0200. The molecule has 0 aromatic heterocycles. The van der Waals surface area contributed by atoms with Gasteiger partial charge in [-0.15, -0.1) is 0 Å². The maximum Gasteiger partial charge on any atom is 0.141 e. The van der Waals surface area contributed by atoms with E-state index in [-0.39, 0.29) is 11.7 Å². The Bertz CT molecular complexity index is 515. The number of ether oxygens (including phenoxy) is 1. The van der Waals surface area contributed by atoms with Crippen LogP contribution in [-0.2, 0) is 4.74 Å². The van der Waals surface area contributed by atoms with E-state index in [1.807, 2.05) is 12.1 Å². The van der Waals surface area contributed by atoms with Crippen molar-refractivity contribution in [2.45, 2.75) is 70.8 Å². The standard InChI is InChI=1S/C20H28FNO/c1-2-3-4-5-6-7-8-16-9-12-20(23-15-16)17-10-11-18(14-22)19(21)13-17/h10-11,13,16,20H,2-9,12,15H2,1H3. The highest BCUT2D eigenvalue weighted by atomic mass is 19.1. The van der Waals surface area contributed by atoms with E-state index < -0.39 is 5.82 Å². The Balaban J connectivity index is 1.70. The van der Waals surface area contributed by atoms with Gasteiger partial charge in [-0.25, -0.2) is 4.39 Å². The van der Waals surface area contributed by atoms with Crippen LogP contribution in [0.5, 0.6) is 0 Å². The van der Waals surface area contributed by atoms with Crippen molar-refractivity contribution in [1.29, 1.82) is 5.26 Å². The molecule has 2 rings (SSSR count). The monoisotopic (exact) mass is 317 g/mol. The summed E-state index contributed by atoms with van der Waals surface area (Å²) in [6.07, 6.45) is 11.3. The van der Waals surface area contributed by atoms with E-state index in [4.69, 9.17) is 10.00 Å². The fourth-order valence-corrected chi connectivity index (χ4v) is 3.33. The fourth-order valence-electron chi connectivity index (χ4n) is 3.33. The van der Waals surface area contributed by atoms with Crippen LogP contribution in [0.1, 0.15) is 81.9 Å². The van der Waals surface area contributed by atoms with Gasteiger partial charge in [-0.05, 0) is 42.9 Å². The maximum absolute atomic E-state index is 13.7. The SMILES string of the molecule is CCCCCCCCC1CCC(c2ccc(C#N)c(F)c2)OC1.